The fourth-order valence-corrected chi connectivity index (χ4v) is 5.49. The average Bonchev–Trinajstić information content (AvgIpc) is 3.05. The van der Waals surface area contributed by atoms with Crippen molar-refractivity contribution in [3.63, 3.8) is 0 Å². The van der Waals surface area contributed by atoms with E-state index in [1.807, 2.05) is 10.6 Å². The molecule has 1 N–H and O–H groups in total. The van der Waals surface area contributed by atoms with E-state index in [1.54, 1.807) is 6.07 Å². The zero-order valence-electron chi connectivity index (χ0n) is 19.0. The van der Waals surface area contributed by atoms with Crippen LogP contribution in [0.1, 0.15) is 79.3 Å². The van der Waals surface area contributed by atoms with Gasteiger partial charge in [0.05, 0.1) is 12.1 Å². The molecule has 162 valence electrons. The number of carbonyl (C=O) groups is 1. The van der Waals surface area contributed by atoms with Gasteiger partial charge in [0.2, 0.25) is 0 Å². The normalized spacial score (nSPS) is 20.7. The van der Waals surface area contributed by atoms with Crippen LogP contribution in [0, 0.1) is 23.2 Å². The molecule has 2 aliphatic rings. The largest absolute Gasteiger partial charge is 0.449 e. The minimum Gasteiger partial charge on any atom is -0.449 e. The minimum atomic E-state index is -0.523. The summed E-state index contributed by atoms with van der Waals surface area (Å²) < 4.78 is 7.42. The number of hydrogen-bond donors (Lipinski definition) is 1. The van der Waals surface area contributed by atoms with Crippen molar-refractivity contribution in [3.8, 4) is 0 Å². The maximum Gasteiger partial charge on any atom is 0.411 e. The van der Waals surface area contributed by atoms with Gasteiger partial charge in [-0.25, -0.2) is 4.79 Å². The van der Waals surface area contributed by atoms with Gasteiger partial charge in [-0.15, -0.1) is 0 Å². The van der Waals surface area contributed by atoms with Crippen LogP contribution in [0.2, 0.25) is 0 Å². The lowest BCUT2D eigenvalue weighted by molar-refractivity contribution is 0.104. The highest BCUT2D eigenvalue weighted by molar-refractivity contribution is 5.84. The van der Waals surface area contributed by atoms with Crippen molar-refractivity contribution < 1.29 is 9.53 Å². The Bertz CT molecular complexity index is 789. The quantitative estimate of drug-likeness (QED) is 0.701. The van der Waals surface area contributed by atoms with Crippen molar-refractivity contribution in [2.75, 3.05) is 11.9 Å². The van der Waals surface area contributed by atoms with Crippen molar-refractivity contribution in [3.05, 3.63) is 28.2 Å². The van der Waals surface area contributed by atoms with Gasteiger partial charge in [0, 0.05) is 5.69 Å². The first-order valence-corrected chi connectivity index (χ1v) is 11.3. The molecular weight excluding hydrogens is 364 g/mol. The van der Waals surface area contributed by atoms with Gasteiger partial charge in [-0.2, -0.15) is 0 Å². The smallest absolute Gasteiger partial charge is 0.411 e. The number of ether oxygens (including phenoxy) is 1. The predicted octanol–water partition coefficient (Wildman–Crippen LogP) is 5.57. The lowest BCUT2D eigenvalue weighted by atomic mass is 9.73. The van der Waals surface area contributed by atoms with Crippen LogP contribution in [0.5, 0.6) is 0 Å². The summed E-state index contributed by atoms with van der Waals surface area (Å²) in [6.07, 6.45) is 5.85. The summed E-state index contributed by atoms with van der Waals surface area (Å²) in [6, 6.07) is 3.71. The van der Waals surface area contributed by atoms with E-state index in [0.717, 1.165) is 31.4 Å². The third-order valence-corrected chi connectivity index (χ3v) is 7.51. The van der Waals surface area contributed by atoms with Crippen LogP contribution in [0.4, 0.5) is 10.5 Å². The number of rotatable bonds is 5. The molecule has 0 saturated heterocycles. The summed E-state index contributed by atoms with van der Waals surface area (Å²) in [5.41, 5.74) is 1.45. The summed E-state index contributed by atoms with van der Waals surface area (Å²) in [7, 11) is 0. The van der Waals surface area contributed by atoms with E-state index in [4.69, 9.17) is 4.74 Å². The second-order valence-corrected chi connectivity index (χ2v) is 10.5. The second-order valence-electron chi connectivity index (χ2n) is 10.5. The standard InChI is InChI=1S/C24H38N2O3/c1-16(2)24(17(3)4)14-11-19-7-8-20(21(27)26(19)24)25-22(28)29-15-18-9-12-23(5,6)13-10-18/h7-8,16-18H,9-15H2,1-6H3,(H,25,28). The van der Waals surface area contributed by atoms with Crippen LogP contribution in [-0.4, -0.2) is 17.3 Å². The molecule has 0 spiro atoms. The first kappa shape index (κ1) is 21.9. The summed E-state index contributed by atoms with van der Waals surface area (Å²) in [5.74, 6) is 1.09. The molecule has 0 unspecified atom stereocenters. The Labute approximate surface area is 175 Å². The third kappa shape index (κ3) is 4.24. The number of fused-ring (bicyclic) bond motifs is 1. The average molecular weight is 403 g/mol. The van der Waals surface area contributed by atoms with Gasteiger partial charge in [0.1, 0.15) is 5.69 Å². The molecule has 0 atom stereocenters. The number of nitrogens with one attached hydrogen (secondary N) is 1. The Hall–Kier alpha value is -1.78. The highest BCUT2D eigenvalue weighted by Crippen LogP contribution is 2.43. The second kappa shape index (κ2) is 8.16. The highest BCUT2D eigenvalue weighted by atomic mass is 16.5. The number of amides is 1. The van der Waals surface area contributed by atoms with Crippen LogP contribution in [-0.2, 0) is 16.7 Å². The summed E-state index contributed by atoms with van der Waals surface area (Å²) >= 11 is 0. The Balaban J connectivity index is 1.70. The molecule has 1 fully saturated rings. The monoisotopic (exact) mass is 402 g/mol. The first-order chi connectivity index (χ1) is 13.6. The molecular formula is C24H38N2O3. The first-order valence-electron chi connectivity index (χ1n) is 11.3. The minimum absolute atomic E-state index is 0.112. The van der Waals surface area contributed by atoms with E-state index in [9.17, 15) is 9.59 Å². The van der Waals surface area contributed by atoms with Gasteiger partial charge in [-0.3, -0.25) is 10.1 Å². The van der Waals surface area contributed by atoms with Gasteiger partial charge in [-0.1, -0.05) is 41.5 Å². The summed E-state index contributed by atoms with van der Waals surface area (Å²) in [4.78, 5) is 25.7. The van der Waals surface area contributed by atoms with E-state index >= 15 is 0 Å². The number of aromatic nitrogens is 1. The summed E-state index contributed by atoms with van der Waals surface area (Å²) in [6.45, 7) is 13.8. The van der Waals surface area contributed by atoms with Gasteiger partial charge in [-0.05, 0) is 73.8 Å². The zero-order valence-corrected chi connectivity index (χ0v) is 19.0. The number of carbonyl (C=O) groups excluding carboxylic acids is 1. The van der Waals surface area contributed by atoms with E-state index < -0.39 is 6.09 Å². The topological polar surface area (TPSA) is 60.3 Å². The number of hydrogen-bond acceptors (Lipinski definition) is 3. The van der Waals surface area contributed by atoms with E-state index in [1.165, 1.54) is 12.8 Å². The lowest BCUT2D eigenvalue weighted by Gasteiger charge is -2.40. The van der Waals surface area contributed by atoms with Gasteiger partial charge >= 0.3 is 6.09 Å². The molecule has 0 aromatic carbocycles. The van der Waals surface area contributed by atoms with Crippen molar-refractivity contribution in [2.45, 2.75) is 85.6 Å². The Morgan fingerprint density at radius 1 is 1.14 bits per heavy atom. The van der Waals surface area contributed by atoms with E-state index in [-0.39, 0.29) is 11.1 Å². The van der Waals surface area contributed by atoms with Crippen LogP contribution < -0.4 is 10.9 Å². The third-order valence-electron chi connectivity index (χ3n) is 7.51. The molecule has 1 amide bonds. The molecule has 1 aliphatic heterocycles. The predicted molar refractivity (Wildman–Crippen MR) is 117 cm³/mol. The molecule has 5 heteroatoms. The van der Waals surface area contributed by atoms with Gasteiger partial charge < -0.3 is 9.30 Å². The molecule has 0 radical (unpaired) electrons. The van der Waals surface area contributed by atoms with Crippen molar-refractivity contribution in [1.82, 2.24) is 4.57 Å². The highest BCUT2D eigenvalue weighted by Gasteiger charge is 2.44. The SMILES string of the molecule is CC(C)C1(C(C)C)CCc2ccc(NC(=O)OCC3CCC(C)(C)CC3)c(=O)n21. The molecule has 3 rings (SSSR count). The van der Waals surface area contributed by atoms with Gasteiger partial charge in [0.15, 0.2) is 0 Å². The van der Waals surface area contributed by atoms with Crippen LogP contribution in [0.3, 0.4) is 0 Å². The fourth-order valence-electron chi connectivity index (χ4n) is 5.49. The Morgan fingerprint density at radius 2 is 1.76 bits per heavy atom. The number of nitrogens with zero attached hydrogens (tertiary/aromatic N) is 1. The Morgan fingerprint density at radius 3 is 2.34 bits per heavy atom. The number of pyridine rings is 1. The maximum atomic E-state index is 13.3. The maximum absolute atomic E-state index is 13.3. The van der Waals surface area contributed by atoms with Crippen LogP contribution in [0.15, 0.2) is 16.9 Å². The molecule has 1 aromatic rings. The molecule has 2 heterocycles. The molecule has 5 nitrogen and oxygen atoms in total. The van der Waals surface area contributed by atoms with Crippen molar-refractivity contribution >= 4 is 11.8 Å². The van der Waals surface area contributed by atoms with Crippen molar-refractivity contribution in [1.29, 1.82) is 0 Å². The van der Waals surface area contributed by atoms with E-state index in [2.05, 4.69) is 46.9 Å². The molecule has 1 aliphatic carbocycles. The molecule has 1 saturated carbocycles. The zero-order chi connectivity index (χ0) is 21.4. The molecule has 0 bridgehead atoms. The van der Waals surface area contributed by atoms with E-state index in [0.29, 0.717) is 35.5 Å². The van der Waals surface area contributed by atoms with Crippen molar-refractivity contribution in [2.24, 2.45) is 23.2 Å². The fraction of sp³-hybridized carbons (Fsp3) is 0.750. The molecule has 1 aromatic heterocycles. The Kier molecular flexibility index (Phi) is 6.16. The number of aryl methyl sites for hydroxylation is 1. The van der Waals surface area contributed by atoms with Crippen LogP contribution in [0.25, 0.3) is 0 Å². The molecule has 29 heavy (non-hydrogen) atoms. The summed E-state index contributed by atoms with van der Waals surface area (Å²) in [5, 5.41) is 2.72. The number of anilines is 1. The van der Waals surface area contributed by atoms with Crippen LogP contribution >= 0.6 is 0 Å². The lowest BCUT2D eigenvalue weighted by Crippen LogP contribution is -2.47. The van der Waals surface area contributed by atoms with Gasteiger partial charge in [0.25, 0.3) is 5.56 Å².